The van der Waals surface area contributed by atoms with Crippen LogP contribution in [-0.2, 0) is 11.2 Å². The van der Waals surface area contributed by atoms with E-state index in [1.807, 2.05) is 12.2 Å². The predicted octanol–water partition coefficient (Wildman–Crippen LogP) is 11.1. The van der Waals surface area contributed by atoms with Crippen LogP contribution in [0.1, 0.15) is 93.2 Å². The van der Waals surface area contributed by atoms with Gasteiger partial charge in [0, 0.05) is 29.5 Å². The minimum Gasteiger partial charge on any atom is -0.426 e. The minimum absolute atomic E-state index is 0.210. The SMILES string of the molecule is N#CC1=CCC(c2ccc3cc(CCCCCCCCCCCC(=O)Oc4ccc(-c5ccc(C#N)cc5)c(F)c4)ccc3c2)C=C1. The van der Waals surface area contributed by atoms with Crippen LogP contribution in [0.5, 0.6) is 5.75 Å². The number of nitriles is 2. The summed E-state index contributed by atoms with van der Waals surface area (Å²) in [6.45, 7) is 0. The van der Waals surface area contributed by atoms with Gasteiger partial charge in [0.2, 0.25) is 0 Å². The second kappa shape index (κ2) is 17.1. The van der Waals surface area contributed by atoms with E-state index < -0.39 is 5.82 Å². The molecule has 0 aromatic heterocycles. The van der Waals surface area contributed by atoms with Crippen molar-refractivity contribution in [1.29, 1.82) is 10.5 Å². The average molecular weight is 625 g/mol. The van der Waals surface area contributed by atoms with Crippen molar-refractivity contribution in [2.75, 3.05) is 0 Å². The highest BCUT2D eigenvalue weighted by Gasteiger charge is 2.13. The summed E-state index contributed by atoms with van der Waals surface area (Å²) in [5.74, 6) is -0.253. The molecule has 0 saturated carbocycles. The van der Waals surface area contributed by atoms with Crippen LogP contribution in [0.15, 0.2) is 103 Å². The topological polar surface area (TPSA) is 73.9 Å². The summed E-state index contributed by atoms with van der Waals surface area (Å²) in [5, 5.41) is 20.6. The Hall–Kier alpha value is -5.00. The maximum absolute atomic E-state index is 14.6. The number of fused-ring (bicyclic) bond motifs is 1. The highest BCUT2D eigenvalue weighted by Crippen LogP contribution is 2.30. The first kappa shape index (κ1) is 33.4. The highest BCUT2D eigenvalue weighted by atomic mass is 19.1. The van der Waals surface area contributed by atoms with Crippen LogP contribution in [0.3, 0.4) is 0 Å². The van der Waals surface area contributed by atoms with Crippen molar-refractivity contribution in [2.24, 2.45) is 0 Å². The van der Waals surface area contributed by atoms with Crippen LogP contribution >= 0.6 is 0 Å². The maximum Gasteiger partial charge on any atom is 0.311 e. The predicted molar refractivity (Wildman–Crippen MR) is 186 cm³/mol. The Labute approximate surface area is 277 Å². The van der Waals surface area contributed by atoms with E-state index in [4.69, 9.17) is 15.3 Å². The molecule has 0 fully saturated rings. The van der Waals surface area contributed by atoms with E-state index >= 15 is 0 Å². The van der Waals surface area contributed by atoms with Gasteiger partial charge in [-0.3, -0.25) is 4.79 Å². The number of nitrogens with zero attached hydrogens (tertiary/aromatic N) is 2. The molecule has 0 spiro atoms. The molecule has 4 nitrogen and oxygen atoms in total. The van der Waals surface area contributed by atoms with Gasteiger partial charge < -0.3 is 4.74 Å². The molecule has 238 valence electrons. The molecule has 1 aliphatic carbocycles. The van der Waals surface area contributed by atoms with Crippen LogP contribution in [0.4, 0.5) is 4.39 Å². The molecule has 0 N–H and O–H groups in total. The molecule has 5 rings (SSSR count). The van der Waals surface area contributed by atoms with E-state index in [0.29, 0.717) is 29.0 Å². The lowest BCUT2D eigenvalue weighted by Gasteiger charge is -2.15. The third-order valence-corrected chi connectivity index (χ3v) is 8.93. The van der Waals surface area contributed by atoms with Crippen LogP contribution in [-0.4, -0.2) is 5.97 Å². The molecule has 47 heavy (non-hydrogen) atoms. The van der Waals surface area contributed by atoms with Gasteiger partial charge in [-0.1, -0.05) is 106 Å². The van der Waals surface area contributed by atoms with E-state index in [0.717, 1.165) is 37.7 Å². The standard InChI is InChI=1S/C42H41FN2O2/c43-41-28-39(24-25-40(41)35-19-15-33(30-45)16-20-35)47-42(46)11-9-7-5-3-1-2-4-6-8-10-31-12-21-38-27-37(23-22-36(38)26-31)34-17-13-32(29-44)14-18-34/h12-17,19-28,34H,1-11,18H2. The first-order chi connectivity index (χ1) is 23.0. The lowest BCUT2D eigenvalue weighted by molar-refractivity contribution is -0.134. The van der Waals surface area contributed by atoms with E-state index in [-0.39, 0.29) is 11.7 Å². The molecule has 5 heteroatoms. The number of rotatable bonds is 15. The Morgan fingerprint density at radius 3 is 2.15 bits per heavy atom. The number of benzene rings is 4. The second-order valence-corrected chi connectivity index (χ2v) is 12.4. The third kappa shape index (κ3) is 9.74. The summed E-state index contributed by atoms with van der Waals surface area (Å²) in [6, 6.07) is 29.0. The molecule has 4 aromatic carbocycles. The van der Waals surface area contributed by atoms with Gasteiger partial charge in [-0.25, -0.2) is 4.39 Å². The average Bonchev–Trinajstić information content (AvgIpc) is 3.10. The molecule has 1 atom stereocenters. The summed E-state index contributed by atoms with van der Waals surface area (Å²) in [6.07, 6.45) is 18.6. The zero-order chi connectivity index (χ0) is 32.8. The van der Waals surface area contributed by atoms with Gasteiger partial charge in [-0.05, 0) is 83.5 Å². The second-order valence-electron chi connectivity index (χ2n) is 12.4. The molecule has 0 radical (unpaired) electrons. The van der Waals surface area contributed by atoms with Crippen molar-refractivity contribution >= 4 is 16.7 Å². The Morgan fingerprint density at radius 2 is 1.47 bits per heavy atom. The van der Waals surface area contributed by atoms with Crippen molar-refractivity contribution in [3.63, 3.8) is 0 Å². The largest absolute Gasteiger partial charge is 0.426 e. The Kier molecular flexibility index (Phi) is 12.1. The molecule has 0 heterocycles. The Balaban J connectivity index is 0.904. The van der Waals surface area contributed by atoms with E-state index in [1.54, 1.807) is 36.4 Å². The van der Waals surface area contributed by atoms with E-state index in [9.17, 15) is 9.18 Å². The fourth-order valence-corrected chi connectivity index (χ4v) is 6.19. The first-order valence-corrected chi connectivity index (χ1v) is 16.8. The van der Waals surface area contributed by atoms with Gasteiger partial charge in [0.15, 0.2) is 0 Å². The van der Waals surface area contributed by atoms with Crippen molar-refractivity contribution in [2.45, 2.75) is 83.0 Å². The van der Waals surface area contributed by atoms with Crippen molar-refractivity contribution in [3.8, 4) is 29.0 Å². The molecule has 1 aliphatic rings. The molecule has 1 unspecified atom stereocenters. The molecule has 4 aromatic rings. The lowest BCUT2D eigenvalue weighted by Crippen LogP contribution is -2.07. The molecule has 0 saturated heterocycles. The quantitative estimate of drug-likeness (QED) is 0.0749. The Bertz CT molecular complexity index is 1820. The minimum atomic E-state index is -0.466. The summed E-state index contributed by atoms with van der Waals surface area (Å²) in [7, 11) is 0. The van der Waals surface area contributed by atoms with Gasteiger partial charge >= 0.3 is 5.97 Å². The zero-order valence-electron chi connectivity index (χ0n) is 26.9. The van der Waals surface area contributed by atoms with Crippen molar-refractivity contribution in [3.05, 3.63) is 125 Å². The highest BCUT2D eigenvalue weighted by molar-refractivity contribution is 5.84. The van der Waals surface area contributed by atoms with Crippen LogP contribution in [0.2, 0.25) is 0 Å². The number of hydrogen-bond donors (Lipinski definition) is 0. The number of allylic oxidation sites excluding steroid dienone is 4. The lowest BCUT2D eigenvalue weighted by atomic mass is 9.89. The smallest absolute Gasteiger partial charge is 0.311 e. The number of carbonyl (C=O) groups excluding carboxylic acids is 1. The molecular formula is C42H41FN2O2. The number of unbranched alkanes of at least 4 members (excludes halogenated alkanes) is 8. The summed E-state index contributed by atoms with van der Waals surface area (Å²) < 4.78 is 20.0. The van der Waals surface area contributed by atoms with Crippen LogP contribution < -0.4 is 4.74 Å². The molecule has 0 amide bonds. The maximum atomic E-state index is 14.6. The van der Waals surface area contributed by atoms with Gasteiger partial charge in [0.25, 0.3) is 0 Å². The fraction of sp³-hybridized carbons (Fsp3) is 0.310. The van der Waals surface area contributed by atoms with Gasteiger partial charge in [-0.2, -0.15) is 10.5 Å². The van der Waals surface area contributed by atoms with Crippen LogP contribution in [0.25, 0.3) is 21.9 Å². The number of aryl methyl sites for hydroxylation is 1. The third-order valence-electron chi connectivity index (χ3n) is 8.93. The van der Waals surface area contributed by atoms with Gasteiger partial charge in [-0.15, -0.1) is 0 Å². The normalized spacial score (nSPS) is 13.9. The number of carbonyl (C=O) groups is 1. The van der Waals surface area contributed by atoms with Gasteiger partial charge in [0.05, 0.1) is 17.7 Å². The summed E-state index contributed by atoms with van der Waals surface area (Å²) in [4.78, 5) is 12.3. The van der Waals surface area contributed by atoms with Crippen molar-refractivity contribution < 1.29 is 13.9 Å². The number of esters is 1. The summed E-state index contributed by atoms with van der Waals surface area (Å²) >= 11 is 0. The number of hydrogen-bond acceptors (Lipinski definition) is 4. The zero-order valence-corrected chi connectivity index (χ0v) is 26.9. The Morgan fingerprint density at radius 1 is 0.766 bits per heavy atom. The van der Waals surface area contributed by atoms with E-state index in [2.05, 4.69) is 54.6 Å². The monoisotopic (exact) mass is 624 g/mol. The fourth-order valence-electron chi connectivity index (χ4n) is 6.19. The number of halogens is 1. The van der Waals surface area contributed by atoms with Crippen LogP contribution in [0, 0.1) is 28.5 Å². The summed E-state index contributed by atoms with van der Waals surface area (Å²) in [5.41, 5.74) is 5.03. The molecule has 0 aliphatic heterocycles. The molecular weight excluding hydrogens is 583 g/mol. The van der Waals surface area contributed by atoms with E-state index in [1.165, 1.54) is 66.5 Å². The first-order valence-electron chi connectivity index (χ1n) is 16.8. The van der Waals surface area contributed by atoms with Gasteiger partial charge in [0.1, 0.15) is 11.6 Å². The molecule has 0 bridgehead atoms. The number of ether oxygens (including phenoxy) is 1. The van der Waals surface area contributed by atoms with Crippen molar-refractivity contribution in [1.82, 2.24) is 0 Å².